The highest BCUT2D eigenvalue weighted by Gasteiger charge is 2.13. The first-order valence-corrected chi connectivity index (χ1v) is 10.2. The zero-order valence-electron chi connectivity index (χ0n) is 16.5. The van der Waals surface area contributed by atoms with Gasteiger partial charge < -0.3 is 10.1 Å². The van der Waals surface area contributed by atoms with Crippen molar-refractivity contribution in [3.63, 3.8) is 0 Å². The Morgan fingerprint density at radius 3 is 2.50 bits per heavy atom. The predicted octanol–water partition coefficient (Wildman–Crippen LogP) is 3.26. The summed E-state index contributed by atoms with van der Waals surface area (Å²) in [6.45, 7) is 1.75. The first-order chi connectivity index (χ1) is 14.5. The van der Waals surface area contributed by atoms with Gasteiger partial charge in [0.25, 0.3) is 5.56 Å². The number of ether oxygens (including phenoxy) is 1. The molecule has 30 heavy (non-hydrogen) atoms. The third-order valence-electron chi connectivity index (χ3n) is 4.20. The second-order valence-corrected chi connectivity index (χ2v) is 7.20. The van der Waals surface area contributed by atoms with Crippen LogP contribution in [0.2, 0.25) is 0 Å². The van der Waals surface area contributed by atoms with Gasteiger partial charge in [0.2, 0.25) is 5.91 Å². The Hall–Kier alpha value is -3.46. The van der Waals surface area contributed by atoms with Crippen LogP contribution in [-0.2, 0) is 15.3 Å². The summed E-state index contributed by atoms with van der Waals surface area (Å²) in [5.74, 6) is -0.0122. The Balaban J connectivity index is 1.74. The lowest BCUT2D eigenvalue weighted by atomic mass is 10.1. The molecule has 8 nitrogen and oxygen atoms in total. The van der Waals surface area contributed by atoms with E-state index in [0.29, 0.717) is 34.1 Å². The van der Waals surface area contributed by atoms with Gasteiger partial charge in [0.05, 0.1) is 18.4 Å². The second kappa shape index (κ2) is 9.84. The zero-order valence-corrected chi connectivity index (χ0v) is 17.3. The number of hydrogen-bond acceptors (Lipinski definition) is 7. The third-order valence-corrected chi connectivity index (χ3v) is 5.14. The van der Waals surface area contributed by atoms with Gasteiger partial charge >= 0.3 is 5.97 Å². The highest BCUT2D eigenvalue weighted by atomic mass is 32.2. The summed E-state index contributed by atoms with van der Waals surface area (Å²) in [4.78, 5) is 38.5. The van der Waals surface area contributed by atoms with E-state index in [9.17, 15) is 14.4 Å². The largest absolute Gasteiger partial charge is 0.465 e. The van der Waals surface area contributed by atoms with Crippen LogP contribution in [0.5, 0.6) is 0 Å². The molecule has 0 saturated carbocycles. The summed E-state index contributed by atoms with van der Waals surface area (Å²) in [6, 6.07) is 13.9. The van der Waals surface area contributed by atoms with Crippen LogP contribution in [0, 0.1) is 0 Å². The average Bonchev–Trinajstić information content (AvgIpc) is 2.78. The molecule has 2 N–H and O–H groups in total. The molecule has 0 bridgehead atoms. The van der Waals surface area contributed by atoms with E-state index in [0.717, 1.165) is 5.56 Å². The first kappa shape index (κ1) is 21.3. The number of anilines is 1. The minimum Gasteiger partial charge on any atom is -0.465 e. The van der Waals surface area contributed by atoms with Gasteiger partial charge in [-0.05, 0) is 23.8 Å². The van der Waals surface area contributed by atoms with E-state index in [1.807, 2.05) is 12.1 Å². The van der Waals surface area contributed by atoms with Gasteiger partial charge in [-0.2, -0.15) is 0 Å². The lowest BCUT2D eigenvalue weighted by Gasteiger charge is -2.09. The van der Waals surface area contributed by atoms with Crippen LogP contribution in [-0.4, -0.2) is 34.2 Å². The maximum Gasteiger partial charge on any atom is 0.337 e. The van der Waals surface area contributed by atoms with Crippen molar-refractivity contribution in [3.05, 3.63) is 70.0 Å². The Morgan fingerprint density at radius 1 is 1.10 bits per heavy atom. The molecule has 0 unspecified atom stereocenters. The predicted molar refractivity (Wildman–Crippen MR) is 114 cm³/mol. The van der Waals surface area contributed by atoms with E-state index >= 15 is 0 Å². The molecule has 3 aromatic rings. The van der Waals surface area contributed by atoms with Crippen LogP contribution < -0.4 is 10.9 Å². The van der Waals surface area contributed by atoms with E-state index in [2.05, 4.69) is 25.2 Å². The molecule has 1 heterocycles. The van der Waals surface area contributed by atoms with Crippen molar-refractivity contribution in [1.82, 2.24) is 15.2 Å². The maximum absolute atomic E-state index is 12.6. The Morgan fingerprint density at radius 2 is 1.83 bits per heavy atom. The molecule has 2 aromatic carbocycles. The van der Waals surface area contributed by atoms with Gasteiger partial charge in [-0.3, -0.25) is 14.6 Å². The monoisotopic (exact) mass is 424 g/mol. The van der Waals surface area contributed by atoms with E-state index in [1.54, 1.807) is 43.3 Å². The van der Waals surface area contributed by atoms with Crippen molar-refractivity contribution in [1.29, 1.82) is 0 Å². The number of aromatic amines is 1. The number of H-pyrrole nitrogens is 1. The molecule has 0 aliphatic heterocycles. The molecule has 0 aliphatic carbocycles. The number of amides is 1. The van der Waals surface area contributed by atoms with Crippen molar-refractivity contribution in [2.45, 2.75) is 24.3 Å². The number of esters is 1. The molecule has 1 aromatic heterocycles. The molecule has 9 heteroatoms. The number of thioether (sulfide) groups is 1. The van der Waals surface area contributed by atoms with Gasteiger partial charge in [-0.25, -0.2) is 4.79 Å². The number of para-hydroxylation sites is 1. The second-order valence-electron chi connectivity index (χ2n) is 6.23. The first-order valence-electron chi connectivity index (χ1n) is 9.18. The number of rotatable bonds is 7. The molecule has 0 aliphatic rings. The molecule has 0 atom stereocenters. The quantitative estimate of drug-likeness (QED) is 0.442. The van der Waals surface area contributed by atoms with Crippen molar-refractivity contribution >= 4 is 29.3 Å². The van der Waals surface area contributed by atoms with Crippen molar-refractivity contribution in [2.75, 3.05) is 12.4 Å². The van der Waals surface area contributed by atoms with Crippen LogP contribution >= 0.6 is 11.8 Å². The molecule has 1 amide bonds. The molecule has 0 radical (unpaired) electrons. The SMILES string of the molecule is CCC(=O)Nc1ccccc1-c1nnc(SCc2ccc(C(=O)OC)cc2)[nH]c1=O. The van der Waals surface area contributed by atoms with E-state index in [1.165, 1.54) is 18.9 Å². The summed E-state index contributed by atoms with van der Waals surface area (Å²) in [5, 5.41) is 11.3. The standard InChI is InChI=1S/C21H20N4O4S/c1-3-17(26)22-16-7-5-4-6-15(16)18-19(27)23-21(25-24-18)30-12-13-8-10-14(11-9-13)20(28)29-2/h4-11H,3,12H2,1-2H3,(H,22,26)(H,23,25,27). The summed E-state index contributed by atoms with van der Waals surface area (Å²) in [5.41, 5.74) is 2.17. The molecule has 154 valence electrons. The number of hydrogen-bond donors (Lipinski definition) is 2. The van der Waals surface area contributed by atoms with Crippen LogP contribution in [0.4, 0.5) is 5.69 Å². The Labute approximate surface area is 177 Å². The number of carbonyl (C=O) groups excluding carboxylic acids is 2. The van der Waals surface area contributed by atoms with Crippen LogP contribution in [0.15, 0.2) is 58.5 Å². The minimum absolute atomic E-state index is 0.133. The number of nitrogens with one attached hydrogen (secondary N) is 2. The van der Waals surface area contributed by atoms with Gasteiger partial charge in [0.15, 0.2) is 10.9 Å². The fourth-order valence-corrected chi connectivity index (χ4v) is 3.37. The highest BCUT2D eigenvalue weighted by molar-refractivity contribution is 7.98. The van der Waals surface area contributed by atoms with Gasteiger partial charge in [0, 0.05) is 17.7 Å². The smallest absolute Gasteiger partial charge is 0.337 e. The van der Waals surface area contributed by atoms with E-state index < -0.39 is 11.5 Å². The Kier molecular flexibility index (Phi) is 6.97. The van der Waals surface area contributed by atoms with Crippen LogP contribution in [0.1, 0.15) is 29.3 Å². The van der Waals surface area contributed by atoms with E-state index in [-0.39, 0.29) is 11.6 Å². The molecule has 0 spiro atoms. The normalized spacial score (nSPS) is 10.5. The highest BCUT2D eigenvalue weighted by Crippen LogP contribution is 2.24. The molecule has 3 rings (SSSR count). The zero-order chi connectivity index (χ0) is 21.5. The number of methoxy groups -OCH3 is 1. The number of aromatic nitrogens is 3. The lowest BCUT2D eigenvalue weighted by molar-refractivity contribution is -0.115. The van der Waals surface area contributed by atoms with E-state index in [4.69, 9.17) is 0 Å². The fourth-order valence-electron chi connectivity index (χ4n) is 2.61. The molecular weight excluding hydrogens is 404 g/mol. The number of carbonyl (C=O) groups is 2. The Bertz CT molecular complexity index is 1110. The van der Waals surface area contributed by atoms with Crippen molar-refractivity contribution < 1.29 is 14.3 Å². The lowest BCUT2D eigenvalue weighted by Crippen LogP contribution is -2.16. The topological polar surface area (TPSA) is 114 Å². The summed E-state index contributed by atoms with van der Waals surface area (Å²) in [6.07, 6.45) is 0.326. The van der Waals surface area contributed by atoms with Gasteiger partial charge in [0.1, 0.15) is 0 Å². The van der Waals surface area contributed by atoms with Crippen molar-refractivity contribution in [3.8, 4) is 11.3 Å². The van der Waals surface area contributed by atoms with Crippen LogP contribution in [0.25, 0.3) is 11.3 Å². The van der Waals surface area contributed by atoms with Gasteiger partial charge in [-0.15, -0.1) is 10.2 Å². The van der Waals surface area contributed by atoms with Gasteiger partial charge in [-0.1, -0.05) is 49.0 Å². The minimum atomic E-state index is -0.397. The maximum atomic E-state index is 12.6. The van der Waals surface area contributed by atoms with Crippen molar-refractivity contribution in [2.24, 2.45) is 0 Å². The molecular formula is C21H20N4O4S. The van der Waals surface area contributed by atoms with Crippen LogP contribution in [0.3, 0.4) is 0 Å². The fraction of sp³-hybridized carbons (Fsp3) is 0.190. The third kappa shape index (κ3) is 5.12. The summed E-state index contributed by atoms with van der Waals surface area (Å²) < 4.78 is 4.68. The molecule has 0 fully saturated rings. The number of nitrogens with zero attached hydrogens (tertiary/aromatic N) is 2. The summed E-state index contributed by atoms with van der Waals surface area (Å²) in [7, 11) is 1.33. The summed E-state index contributed by atoms with van der Waals surface area (Å²) >= 11 is 1.31. The average molecular weight is 424 g/mol. The molecule has 0 saturated heterocycles. The number of benzene rings is 2.